The van der Waals surface area contributed by atoms with Crippen molar-refractivity contribution in [2.45, 2.75) is 44.2 Å². The molecular formula is C14H29N3. The van der Waals surface area contributed by atoms with Crippen LogP contribution in [-0.4, -0.2) is 62.7 Å². The molecule has 2 aliphatic rings. The summed E-state index contributed by atoms with van der Waals surface area (Å²) >= 11 is 0. The molecule has 2 fully saturated rings. The van der Waals surface area contributed by atoms with Crippen molar-refractivity contribution in [2.24, 2.45) is 5.92 Å². The van der Waals surface area contributed by atoms with E-state index in [0.717, 1.165) is 18.0 Å². The molecule has 2 rings (SSSR count). The van der Waals surface area contributed by atoms with Crippen LogP contribution in [0.3, 0.4) is 0 Å². The minimum absolute atomic E-state index is 0.728. The monoisotopic (exact) mass is 239 g/mol. The summed E-state index contributed by atoms with van der Waals surface area (Å²) in [5.74, 6) is 0.925. The van der Waals surface area contributed by atoms with Gasteiger partial charge in [-0.1, -0.05) is 6.42 Å². The van der Waals surface area contributed by atoms with Gasteiger partial charge in [-0.2, -0.15) is 0 Å². The SMILES string of the molecule is CNC1CCCC1N(C)CC1CCN(C)CC1. The molecule has 0 spiro atoms. The maximum atomic E-state index is 3.49. The Hall–Kier alpha value is -0.120. The Kier molecular flexibility index (Phi) is 4.83. The van der Waals surface area contributed by atoms with Gasteiger partial charge in [0.05, 0.1) is 0 Å². The van der Waals surface area contributed by atoms with Crippen molar-refractivity contribution in [1.29, 1.82) is 0 Å². The van der Waals surface area contributed by atoms with Crippen LogP contribution in [0.15, 0.2) is 0 Å². The molecule has 0 radical (unpaired) electrons. The summed E-state index contributed by atoms with van der Waals surface area (Å²) in [6.07, 6.45) is 6.91. The molecule has 1 aliphatic heterocycles. The van der Waals surface area contributed by atoms with Crippen LogP contribution in [-0.2, 0) is 0 Å². The van der Waals surface area contributed by atoms with E-state index in [1.54, 1.807) is 0 Å². The van der Waals surface area contributed by atoms with E-state index in [1.165, 1.54) is 51.7 Å². The lowest BCUT2D eigenvalue weighted by Gasteiger charge is -2.35. The second-order valence-electron chi connectivity index (χ2n) is 6.08. The summed E-state index contributed by atoms with van der Waals surface area (Å²) in [5, 5.41) is 3.49. The highest BCUT2D eigenvalue weighted by molar-refractivity contribution is 4.89. The fraction of sp³-hybridized carbons (Fsp3) is 1.00. The normalized spacial score (nSPS) is 32.5. The van der Waals surface area contributed by atoms with Crippen molar-refractivity contribution in [3.63, 3.8) is 0 Å². The van der Waals surface area contributed by atoms with Crippen LogP contribution in [0.4, 0.5) is 0 Å². The first-order valence-corrected chi connectivity index (χ1v) is 7.26. The lowest BCUT2D eigenvalue weighted by molar-refractivity contribution is 0.140. The van der Waals surface area contributed by atoms with Gasteiger partial charge in [0.15, 0.2) is 0 Å². The fourth-order valence-electron chi connectivity index (χ4n) is 3.59. The molecule has 1 heterocycles. The van der Waals surface area contributed by atoms with Gasteiger partial charge in [0, 0.05) is 18.6 Å². The number of piperidine rings is 1. The summed E-state index contributed by atoms with van der Waals surface area (Å²) in [6, 6.07) is 1.51. The van der Waals surface area contributed by atoms with Gasteiger partial charge in [-0.15, -0.1) is 0 Å². The Morgan fingerprint density at radius 3 is 2.53 bits per heavy atom. The molecule has 17 heavy (non-hydrogen) atoms. The number of hydrogen-bond donors (Lipinski definition) is 1. The third kappa shape index (κ3) is 3.43. The first-order valence-electron chi connectivity index (χ1n) is 7.26. The van der Waals surface area contributed by atoms with Crippen molar-refractivity contribution < 1.29 is 0 Å². The maximum Gasteiger partial charge on any atom is 0.0246 e. The smallest absolute Gasteiger partial charge is 0.0246 e. The van der Waals surface area contributed by atoms with Gasteiger partial charge in [0.1, 0.15) is 0 Å². The van der Waals surface area contributed by atoms with Crippen molar-refractivity contribution >= 4 is 0 Å². The molecule has 1 saturated heterocycles. The highest BCUT2D eigenvalue weighted by atomic mass is 15.2. The Balaban J connectivity index is 1.78. The van der Waals surface area contributed by atoms with E-state index in [2.05, 4.69) is 36.3 Å². The average molecular weight is 239 g/mol. The van der Waals surface area contributed by atoms with Crippen molar-refractivity contribution in [1.82, 2.24) is 15.1 Å². The van der Waals surface area contributed by atoms with Crippen molar-refractivity contribution in [3.8, 4) is 0 Å². The van der Waals surface area contributed by atoms with Gasteiger partial charge in [-0.05, 0) is 65.8 Å². The van der Waals surface area contributed by atoms with Crippen LogP contribution in [0.2, 0.25) is 0 Å². The fourth-order valence-corrected chi connectivity index (χ4v) is 3.59. The molecular weight excluding hydrogens is 210 g/mol. The Morgan fingerprint density at radius 1 is 1.18 bits per heavy atom. The highest BCUT2D eigenvalue weighted by Crippen LogP contribution is 2.25. The molecule has 1 aliphatic carbocycles. The van der Waals surface area contributed by atoms with E-state index < -0.39 is 0 Å². The second-order valence-corrected chi connectivity index (χ2v) is 6.08. The summed E-state index contributed by atoms with van der Waals surface area (Å²) in [6.45, 7) is 3.88. The van der Waals surface area contributed by atoms with E-state index in [1.807, 2.05) is 0 Å². The van der Waals surface area contributed by atoms with Gasteiger partial charge in [-0.3, -0.25) is 0 Å². The number of likely N-dealkylation sites (tertiary alicyclic amines) is 1. The largest absolute Gasteiger partial charge is 0.315 e. The van der Waals surface area contributed by atoms with E-state index in [9.17, 15) is 0 Å². The number of nitrogens with zero attached hydrogens (tertiary/aromatic N) is 2. The van der Waals surface area contributed by atoms with Crippen LogP contribution in [0.5, 0.6) is 0 Å². The zero-order valence-electron chi connectivity index (χ0n) is 11.8. The van der Waals surface area contributed by atoms with Crippen LogP contribution < -0.4 is 5.32 Å². The molecule has 3 nitrogen and oxygen atoms in total. The zero-order valence-corrected chi connectivity index (χ0v) is 11.8. The maximum absolute atomic E-state index is 3.49. The predicted molar refractivity (Wildman–Crippen MR) is 73.3 cm³/mol. The first-order chi connectivity index (χ1) is 8.20. The molecule has 0 aromatic heterocycles. The summed E-state index contributed by atoms with van der Waals surface area (Å²) < 4.78 is 0. The molecule has 2 unspecified atom stereocenters. The van der Waals surface area contributed by atoms with Crippen molar-refractivity contribution in [3.05, 3.63) is 0 Å². The van der Waals surface area contributed by atoms with Gasteiger partial charge in [0.2, 0.25) is 0 Å². The predicted octanol–water partition coefficient (Wildman–Crippen LogP) is 1.40. The van der Waals surface area contributed by atoms with Crippen LogP contribution >= 0.6 is 0 Å². The average Bonchev–Trinajstić information content (AvgIpc) is 2.80. The first kappa shape index (κ1) is 13.3. The molecule has 1 N–H and O–H groups in total. The van der Waals surface area contributed by atoms with Gasteiger partial charge < -0.3 is 15.1 Å². The van der Waals surface area contributed by atoms with Gasteiger partial charge >= 0.3 is 0 Å². The number of likely N-dealkylation sites (N-methyl/N-ethyl adjacent to an activating group) is 2. The van der Waals surface area contributed by atoms with E-state index in [0.29, 0.717) is 0 Å². The topological polar surface area (TPSA) is 18.5 Å². The second kappa shape index (κ2) is 6.17. The number of rotatable bonds is 4. The van der Waals surface area contributed by atoms with Gasteiger partial charge in [-0.25, -0.2) is 0 Å². The van der Waals surface area contributed by atoms with Crippen molar-refractivity contribution in [2.75, 3.05) is 40.8 Å². The van der Waals surface area contributed by atoms with E-state index >= 15 is 0 Å². The lowest BCUT2D eigenvalue weighted by Crippen LogP contribution is -2.46. The number of hydrogen-bond acceptors (Lipinski definition) is 3. The van der Waals surface area contributed by atoms with Crippen LogP contribution in [0.25, 0.3) is 0 Å². The standard InChI is InChI=1S/C14H29N3/c1-15-13-5-4-6-14(13)17(3)11-12-7-9-16(2)10-8-12/h12-15H,4-11H2,1-3H3. The Bertz CT molecular complexity index is 224. The molecule has 1 saturated carbocycles. The van der Waals surface area contributed by atoms with Gasteiger partial charge in [0.25, 0.3) is 0 Å². The zero-order chi connectivity index (χ0) is 12.3. The lowest BCUT2D eigenvalue weighted by atomic mass is 9.96. The Morgan fingerprint density at radius 2 is 1.88 bits per heavy atom. The van der Waals surface area contributed by atoms with Crippen LogP contribution in [0.1, 0.15) is 32.1 Å². The number of nitrogens with one attached hydrogen (secondary N) is 1. The molecule has 0 aromatic rings. The van der Waals surface area contributed by atoms with E-state index in [4.69, 9.17) is 0 Å². The molecule has 0 amide bonds. The third-order valence-corrected chi connectivity index (χ3v) is 4.80. The molecule has 100 valence electrons. The molecule has 2 atom stereocenters. The highest BCUT2D eigenvalue weighted by Gasteiger charge is 2.30. The minimum Gasteiger partial charge on any atom is -0.315 e. The minimum atomic E-state index is 0.728. The van der Waals surface area contributed by atoms with Crippen LogP contribution in [0, 0.1) is 5.92 Å². The Labute approximate surface area is 107 Å². The summed E-state index contributed by atoms with van der Waals surface area (Å²) in [7, 11) is 6.69. The quantitative estimate of drug-likeness (QED) is 0.800. The summed E-state index contributed by atoms with van der Waals surface area (Å²) in [4.78, 5) is 5.09. The van der Waals surface area contributed by atoms with E-state index in [-0.39, 0.29) is 0 Å². The molecule has 3 heteroatoms. The summed E-state index contributed by atoms with van der Waals surface area (Å²) in [5.41, 5.74) is 0. The third-order valence-electron chi connectivity index (χ3n) is 4.80. The molecule has 0 bridgehead atoms. The molecule has 0 aromatic carbocycles.